The van der Waals surface area contributed by atoms with Gasteiger partial charge in [-0.15, -0.1) is 0 Å². The molecule has 4 nitrogen and oxygen atoms in total. The van der Waals surface area contributed by atoms with Gasteiger partial charge in [0.05, 0.1) is 13.2 Å². The van der Waals surface area contributed by atoms with Crippen LogP contribution in [0.4, 0.5) is 0 Å². The van der Waals surface area contributed by atoms with Crippen molar-refractivity contribution in [2.75, 3.05) is 13.2 Å². The molecule has 0 spiro atoms. The van der Waals surface area contributed by atoms with Gasteiger partial charge < -0.3 is 9.47 Å². The molecule has 0 atom stereocenters. The number of carbonyl (C=O) groups is 2. The van der Waals surface area contributed by atoms with Gasteiger partial charge >= 0.3 is 0 Å². The minimum absolute atomic E-state index is 0.0812. The molecular weight excluding hydrogens is 531 g/mol. The summed E-state index contributed by atoms with van der Waals surface area (Å²) in [6.45, 7) is 1.02. The lowest BCUT2D eigenvalue weighted by molar-refractivity contribution is 0.103. The summed E-state index contributed by atoms with van der Waals surface area (Å²) < 4.78 is 11.6. The molecule has 0 radical (unpaired) electrons. The van der Waals surface area contributed by atoms with Crippen molar-refractivity contribution in [2.24, 2.45) is 0 Å². The van der Waals surface area contributed by atoms with E-state index in [9.17, 15) is 9.59 Å². The predicted molar refractivity (Wildman–Crippen MR) is 158 cm³/mol. The Morgan fingerprint density at radius 2 is 0.897 bits per heavy atom. The van der Waals surface area contributed by atoms with Gasteiger partial charge in [0.15, 0.2) is 11.6 Å². The molecule has 0 heterocycles. The van der Waals surface area contributed by atoms with Gasteiger partial charge in [0.2, 0.25) is 0 Å². The number of hydrogen-bond acceptors (Lipinski definition) is 4. The van der Waals surface area contributed by atoms with Crippen LogP contribution in [-0.2, 0) is 0 Å². The molecule has 4 aromatic carbocycles. The molecule has 0 bridgehead atoms. The van der Waals surface area contributed by atoms with E-state index in [0.717, 1.165) is 22.6 Å². The normalized spacial score (nSPS) is 11.1. The van der Waals surface area contributed by atoms with Crippen molar-refractivity contribution in [1.82, 2.24) is 0 Å². The number of benzene rings is 4. The van der Waals surface area contributed by atoms with E-state index in [1.54, 1.807) is 72.8 Å². The minimum Gasteiger partial charge on any atom is -0.493 e. The number of hydrogen-bond donors (Lipinski definition) is 0. The van der Waals surface area contributed by atoms with Gasteiger partial charge in [0, 0.05) is 27.6 Å². The Bertz CT molecular complexity index is 1330. The number of rotatable bonds is 12. The largest absolute Gasteiger partial charge is 0.493 e. The summed E-state index contributed by atoms with van der Waals surface area (Å²) in [5.41, 5.74) is 2.99. The molecule has 4 rings (SSSR count). The molecule has 0 N–H and O–H groups in total. The fourth-order valence-electron chi connectivity index (χ4n) is 3.55. The highest BCUT2D eigenvalue weighted by Crippen LogP contribution is 2.17. The molecule has 0 aliphatic carbocycles. The van der Waals surface area contributed by atoms with Gasteiger partial charge in [0.1, 0.15) is 11.5 Å². The van der Waals surface area contributed by atoms with Crippen molar-refractivity contribution < 1.29 is 19.1 Å². The molecule has 4 aromatic rings. The van der Waals surface area contributed by atoms with Crippen molar-refractivity contribution in [3.05, 3.63) is 142 Å². The summed E-state index contributed by atoms with van der Waals surface area (Å²) in [7, 11) is 0. The molecule has 0 saturated heterocycles. The Labute approximate surface area is 238 Å². The molecular formula is C33H26Cl2O4. The molecule has 0 fully saturated rings. The first-order valence-corrected chi connectivity index (χ1v) is 13.1. The molecule has 0 amide bonds. The lowest BCUT2D eigenvalue weighted by Gasteiger charge is -2.08. The Kier molecular flexibility index (Phi) is 10.1. The van der Waals surface area contributed by atoms with Gasteiger partial charge in [-0.3, -0.25) is 9.59 Å². The smallest absolute Gasteiger partial charge is 0.185 e. The second-order valence-corrected chi connectivity index (χ2v) is 9.47. The quantitative estimate of drug-likeness (QED) is 0.0994. The van der Waals surface area contributed by atoms with Crippen LogP contribution in [0.5, 0.6) is 11.5 Å². The molecule has 0 saturated carbocycles. The van der Waals surface area contributed by atoms with Gasteiger partial charge in [-0.2, -0.15) is 0 Å². The highest BCUT2D eigenvalue weighted by molar-refractivity contribution is 6.31. The number of allylic oxidation sites excluding steroid dienone is 2. The summed E-state index contributed by atoms with van der Waals surface area (Å²) >= 11 is 11.7. The number of carbonyl (C=O) groups excluding carboxylic acids is 2. The van der Waals surface area contributed by atoms with Crippen molar-refractivity contribution in [3.63, 3.8) is 0 Å². The summed E-state index contributed by atoms with van der Waals surface area (Å²) in [4.78, 5) is 24.5. The van der Waals surface area contributed by atoms with E-state index < -0.39 is 0 Å². The predicted octanol–water partition coefficient (Wildman–Crippen LogP) is 8.63. The molecule has 0 unspecified atom stereocenters. The Hall–Kier alpha value is -4.12. The summed E-state index contributed by atoms with van der Waals surface area (Å²) in [6.07, 6.45) is 7.34. The van der Waals surface area contributed by atoms with E-state index in [-0.39, 0.29) is 11.6 Å². The minimum atomic E-state index is -0.0812. The fraction of sp³-hybridized carbons (Fsp3) is 0.0909. The topological polar surface area (TPSA) is 52.6 Å². The Morgan fingerprint density at radius 1 is 0.538 bits per heavy atom. The van der Waals surface area contributed by atoms with Crippen LogP contribution < -0.4 is 9.47 Å². The molecule has 0 aliphatic heterocycles. The average Bonchev–Trinajstić information content (AvgIpc) is 2.96. The third-order valence-corrected chi connectivity index (χ3v) is 6.20. The van der Waals surface area contributed by atoms with Crippen molar-refractivity contribution in [1.29, 1.82) is 0 Å². The van der Waals surface area contributed by atoms with Crippen LogP contribution in [0.15, 0.2) is 109 Å². The third-order valence-electron chi connectivity index (χ3n) is 5.70. The van der Waals surface area contributed by atoms with Crippen LogP contribution in [0.25, 0.3) is 12.2 Å². The highest BCUT2D eigenvalue weighted by atomic mass is 35.5. The SMILES string of the molecule is O=C(/C=C/c1ccc(OCCCOc2ccc(/C=C/C(=O)c3ccc(Cl)cc3)cc2)cc1)c1ccc(Cl)cc1. The first-order chi connectivity index (χ1) is 19.0. The summed E-state index contributed by atoms with van der Waals surface area (Å²) in [6, 6.07) is 28.7. The van der Waals surface area contributed by atoms with Crippen molar-refractivity contribution >= 4 is 46.9 Å². The fourth-order valence-corrected chi connectivity index (χ4v) is 3.81. The van der Waals surface area contributed by atoms with Gasteiger partial charge in [-0.1, -0.05) is 59.6 Å². The van der Waals surface area contributed by atoms with Crippen LogP contribution in [0.2, 0.25) is 10.0 Å². The van der Waals surface area contributed by atoms with Gasteiger partial charge in [-0.05, 0) is 96.1 Å². The van der Waals surface area contributed by atoms with Gasteiger partial charge in [-0.25, -0.2) is 0 Å². The zero-order valence-electron chi connectivity index (χ0n) is 21.1. The van der Waals surface area contributed by atoms with E-state index in [2.05, 4.69) is 0 Å². The number of ketones is 2. The van der Waals surface area contributed by atoms with Crippen LogP contribution in [0.3, 0.4) is 0 Å². The standard InChI is InChI=1S/C33H26Cl2O4/c34-28-12-8-26(9-13-28)32(36)20-6-24-2-16-30(17-3-24)38-22-1-23-39-31-18-4-25(5-19-31)7-21-33(37)27-10-14-29(35)15-11-27/h2-21H,1,22-23H2/b20-6+,21-7+. The van der Waals surface area contributed by atoms with Crippen molar-refractivity contribution in [2.45, 2.75) is 6.42 Å². The van der Waals surface area contributed by atoms with Gasteiger partial charge in [0.25, 0.3) is 0 Å². The zero-order valence-corrected chi connectivity index (χ0v) is 22.6. The Morgan fingerprint density at radius 3 is 1.26 bits per heavy atom. The van der Waals surface area contributed by atoms with E-state index in [4.69, 9.17) is 32.7 Å². The molecule has 196 valence electrons. The maximum Gasteiger partial charge on any atom is 0.185 e. The van der Waals surface area contributed by atoms with Crippen LogP contribution in [-0.4, -0.2) is 24.8 Å². The van der Waals surface area contributed by atoms with Crippen LogP contribution in [0, 0.1) is 0 Å². The first-order valence-electron chi connectivity index (χ1n) is 12.4. The van der Waals surface area contributed by atoms with Crippen LogP contribution >= 0.6 is 23.2 Å². The molecule has 0 aliphatic rings. The molecule has 6 heteroatoms. The van der Waals surface area contributed by atoms with E-state index in [1.807, 2.05) is 48.5 Å². The summed E-state index contributed by atoms with van der Waals surface area (Å²) in [5, 5.41) is 1.20. The van der Waals surface area contributed by atoms with E-state index >= 15 is 0 Å². The lowest BCUT2D eigenvalue weighted by atomic mass is 10.1. The molecule has 0 aromatic heterocycles. The van der Waals surface area contributed by atoms with E-state index in [1.165, 1.54) is 0 Å². The first kappa shape index (κ1) is 27.9. The van der Waals surface area contributed by atoms with Crippen molar-refractivity contribution in [3.8, 4) is 11.5 Å². The zero-order chi connectivity index (χ0) is 27.5. The monoisotopic (exact) mass is 556 g/mol. The lowest BCUT2D eigenvalue weighted by Crippen LogP contribution is -2.05. The van der Waals surface area contributed by atoms with Crippen LogP contribution in [0.1, 0.15) is 38.3 Å². The highest BCUT2D eigenvalue weighted by Gasteiger charge is 2.03. The third kappa shape index (κ3) is 8.99. The maximum absolute atomic E-state index is 12.2. The molecule has 39 heavy (non-hydrogen) atoms. The number of halogens is 2. The second kappa shape index (κ2) is 14.1. The average molecular weight is 557 g/mol. The maximum atomic E-state index is 12.2. The summed E-state index contributed by atoms with van der Waals surface area (Å²) in [5.74, 6) is 1.34. The van der Waals surface area contributed by atoms with E-state index in [0.29, 0.717) is 40.8 Å². The number of ether oxygens (including phenoxy) is 2. The Balaban J connectivity index is 1.15. The second-order valence-electron chi connectivity index (χ2n) is 8.60.